The number of nitrogens with one attached hydrogen (secondary N) is 1. The molecule has 4 aliphatic carbocycles. The molecule has 0 radical (unpaired) electrons. The predicted octanol–water partition coefficient (Wildman–Crippen LogP) is 5.45. The number of fused-ring (bicyclic) bond motifs is 1. The maximum absolute atomic E-state index is 13.4. The monoisotopic (exact) mass is 465 g/mol. The highest BCUT2D eigenvalue weighted by Crippen LogP contribution is 2.59. The molecule has 0 aliphatic heterocycles. The number of nitrogens with zero attached hydrogens (tertiary/aromatic N) is 2. The molecule has 34 heavy (non-hydrogen) atoms. The van der Waals surface area contributed by atoms with E-state index in [-0.39, 0.29) is 11.3 Å². The molecular weight excluding hydrogens is 426 g/mol. The first kappa shape index (κ1) is 23.4. The van der Waals surface area contributed by atoms with Crippen LogP contribution in [0.15, 0.2) is 24.4 Å². The van der Waals surface area contributed by atoms with Gasteiger partial charge in [-0.2, -0.15) is 0 Å². The van der Waals surface area contributed by atoms with Crippen molar-refractivity contribution in [3.05, 3.63) is 35.8 Å². The Hall–Kier alpha value is -2.37. The summed E-state index contributed by atoms with van der Waals surface area (Å²) in [5, 5.41) is 13.5. The van der Waals surface area contributed by atoms with Gasteiger partial charge in [0.2, 0.25) is 0 Å². The molecule has 0 aromatic carbocycles. The number of carbonyl (C=O) groups is 2. The zero-order valence-electron chi connectivity index (χ0n) is 20.8. The Balaban J connectivity index is 1.39. The number of imidazole rings is 1. The standard InChI is InChI=1S/C28H39N3O3/c1-4-28(26(33)34,9-8-18(2)3)23-16-31-22(6-5-7-24(31)30-23)25(32)29-17-27-13-19-10-20(14-27)12-21(11-19)15-27/h5-7,16,18-21H,4,8-15,17H2,1-3H3,(H,29,32)(H,33,34). The van der Waals surface area contributed by atoms with Gasteiger partial charge < -0.3 is 10.4 Å². The molecule has 1 atom stereocenters. The van der Waals surface area contributed by atoms with Crippen LogP contribution in [0.3, 0.4) is 0 Å². The number of hydrogen-bond acceptors (Lipinski definition) is 3. The maximum Gasteiger partial charge on any atom is 0.315 e. The van der Waals surface area contributed by atoms with Crippen LogP contribution in [0.1, 0.15) is 94.7 Å². The number of amides is 1. The van der Waals surface area contributed by atoms with Gasteiger partial charge in [0.05, 0.1) is 5.69 Å². The van der Waals surface area contributed by atoms with Crippen molar-refractivity contribution in [1.82, 2.24) is 14.7 Å². The largest absolute Gasteiger partial charge is 0.481 e. The molecule has 4 bridgehead atoms. The van der Waals surface area contributed by atoms with Crippen molar-refractivity contribution in [1.29, 1.82) is 0 Å². The van der Waals surface area contributed by atoms with E-state index in [0.717, 1.165) is 30.7 Å². The Kier molecular flexibility index (Phi) is 5.97. The quantitative estimate of drug-likeness (QED) is 0.516. The second-order valence-electron chi connectivity index (χ2n) is 12.0. The molecule has 4 aliphatic rings. The number of aliphatic carboxylic acids is 1. The molecular formula is C28H39N3O3. The molecule has 4 saturated carbocycles. The highest BCUT2D eigenvalue weighted by atomic mass is 16.4. The van der Waals surface area contributed by atoms with E-state index in [1.807, 2.05) is 25.1 Å². The smallest absolute Gasteiger partial charge is 0.315 e. The van der Waals surface area contributed by atoms with E-state index < -0.39 is 11.4 Å². The fraction of sp³-hybridized carbons (Fsp3) is 0.679. The summed E-state index contributed by atoms with van der Waals surface area (Å²) in [5.74, 6) is 2.04. The highest BCUT2D eigenvalue weighted by molar-refractivity contribution is 5.93. The Morgan fingerprint density at radius 1 is 1.18 bits per heavy atom. The average molecular weight is 466 g/mol. The molecule has 0 saturated heterocycles. The Morgan fingerprint density at radius 3 is 2.38 bits per heavy atom. The van der Waals surface area contributed by atoms with Crippen molar-refractivity contribution in [2.45, 2.75) is 84.0 Å². The number of pyridine rings is 1. The van der Waals surface area contributed by atoms with Crippen LogP contribution < -0.4 is 5.32 Å². The van der Waals surface area contributed by atoms with Gasteiger partial charge in [-0.15, -0.1) is 0 Å². The van der Waals surface area contributed by atoms with Crippen LogP contribution >= 0.6 is 0 Å². The molecule has 0 spiro atoms. The SMILES string of the molecule is CCC(CCC(C)C)(C(=O)O)c1cn2c(C(=O)NCC34CC5CC(CC(C5)C3)C4)cccc2n1. The summed E-state index contributed by atoms with van der Waals surface area (Å²) >= 11 is 0. The molecule has 6 nitrogen and oxygen atoms in total. The van der Waals surface area contributed by atoms with Gasteiger partial charge in [-0.05, 0) is 99.0 Å². The first-order valence-electron chi connectivity index (χ1n) is 13.2. The van der Waals surface area contributed by atoms with Crippen molar-refractivity contribution in [2.24, 2.45) is 29.1 Å². The van der Waals surface area contributed by atoms with Gasteiger partial charge in [0.1, 0.15) is 16.8 Å². The Morgan fingerprint density at radius 2 is 1.82 bits per heavy atom. The summed E-state index contributed by atoms with van der Waals surface area (Å²) in [7, 11) is 0. The zero-order valence-corrected chi connectivity index (χ0v) is 20.8. The number of carbonyl (C=O) groups excluding carboxylic acids is 1. The van der Waals surface area contributed by atoms with Crippen molar-refractivity contribution >= 4 is 17.5 Å². The fourth-order valence-corrected chi connectivity index (χ4v) is 7.68. The molecule has 6 rings (SSSR count). The van der Waals surface area contributed by atoms with Gasteiger partial charge >= 0.3 is 5.97 Å². The molecule has 2 aromatic rings. The van der Waals surface area contributed by atoms with Crippen LogP contribution in [0, 0.1) is 29.1 Å². The third kappa shape index (κ3) is 4.03. The lowest BCUT2D eigenvalue weighted by molar-refractivity contribution is -0.144. The third-order valence-electron chi connectivity index (χ3n) is 9.17. The van der Waals surface area contributed by atoms with Gasteiger partial charge in [-0.1, -0.05) is 26.8 Å². The summed E-state index contributed by atoms with van der Waals surface area (Å²) in [5.41, 5.74) is 0.935. The topological polar surface area (TPSA) is 83.7 Å². The van der Waals surface area contributed by atoms with Crippen LogP contribution in [0.5, 0.6) is 0 Å². The molecule has 184 valence electrons. The van der Waals surface area contributed by atoms with Gasteiger partial charge in [0.25, 0.3) is 5.91 Å². The zero-order chi connectivity index (χ0) is 24.1. The van der Waals surface area contributed by atoms with E-state index in [9.17, 15) is 14.7 Å². The van der Waals surface area contributed by atoms with Crippen molar-refractivity contribution < 1.29 is 14.7 Å². The molecule has 1 unspecified atom stereocenters. The van der Waals surface area contributed by atoms with Gasteiger partial charge in [0, 0.05) is 12.7 Å². The number of carboxylic acids is 1. The molecule has 2 heterocycles. The highest BCUT2D eigenvalue weighted by Gasteiger charge is 2.50. The van der Waals surface area contributed by atoms with E-state index in [1.54, 1.807) is 10.6 Å². The molecule has 6 heteroatoms. The van der Waals surface area contributed by atoms with Gasteiger partial charge in [-0.25, -0.2) is 4.98 Å². The normalized spacial score (nSPS) is 29.5. The predicted molar refractivity (Wildman–Crippen MR) is 132 cm³/mol. The second kappa shape index (κ2) is 8.69. The number of hydrogen-bond donors (Lipinski definition) is 2. The molecule has 1 amide bonds. The van der Waals surface area contributed by atoms with E-state index in [4.69, 9.17) is 4.98 Å². The van der Waals surface area contributed by atoms with Crippen molar-refractivity contribution in [3.8, 4) is 0 Å². The summed E-state index contributed by atoms with van der Waals surface area (Å²) in [6.07, 6.45) is 11.5. The van der Waals surface area contributed by atoms with Crippen molar-refractivity contribution in [3.63, 3.8) is 0 Å². The lowest BCUT2D eigenvalue weighted by Crippen LogP contribution is -2.51. The lowest BCUT2D eigenvalue weighted by atomic mass is 9.49. The third-order valence-corrected chi connectivity index (χ3v) is 9.17. The average Bonchev–Trinajstić information content (AvgIpc) is 3.21. The second-order valence-corrected chi connectivity index (χ2v) is 12.0. The van der Waals surface area contributed by atoms with Crippen LogP contribution in [-0.2, 0) is 10.2 Å². The van der Waals surface area contributed by atoms with Crippen LogP contribution in [-0.4, -0.2) is 32.9 Å². The lowest BCUT2D eigenvalue weighted by Gasteiger charge is -2.56. The van der Waals surface area contributed by atoms with E-state index in [0.29, 0.717) is 35.8 Å². The summed E-state index contributed by atoms with van der Waals surface area (Å²) < 4.78 is 1.78. The Labute approximate surface area is 202 Å². The molecule has 4 fully saturated rings. The first-order chi connectivity index (χ1) is 16.2. The van der Waals surface area contributed by atoms with Crippen LogP contribution in [0.2, 0.25) is 0 Å². The fourth-order valence-electron chi connectivity index (χ4n) is 7.68. The van der Waals surface area contributed by atoms with Crippen LogP contribution in [0.25, 0.3) is 5.65 Å². The maximum atomic E-state index is 13.4. The number of rotatable bonds is 9. The van der Waals surface area contributed by atoms with Gasteiger partial charge in [0.15, 0.2) is 0 Å². The van der Waals surface area contributed by atoms with E-state index >= 15 is 0 Å². The summed E-state index contributed by atoms with van der Waals surface area (Å²) in [6, 6.07) is 5.51. The Bertz CT molecular complexity index is 1050. The van der Waals surface area contributed by atoms with E-state index in [1.165, 1.54) is 38.5 Å². The summed E-state index contributed by atoms with van der Waals surface area (Å²) in [6.45, 7) is 6.88. The minimum absolute atomic E-state index is 0.0927. The summed E-state index contributed by atoms with van der Waals surface area (Å²) in [4.78, 5) is 30.5. The first-order valence-corrected chi connectivity index (χ1v) is 13.2. The van der Waals surface area contributed by atoms with Gasteiger partial charge in [-0.3, -0.25) is 14.0 Å². The number of aromatic nitrogens is 2. The van der Waals surface area contributed by atoms with E-state index in [2.05, 4.69) is 19.2 Å². The molecule has 2 aromatic heterocycles. The van der Waals surface area contributed by atoms with Crippen LogP contribution in [0.4, 0.5) is 0 Å². The minimum Gasteiger partial charge on any atom is -0.481 e. The number of carboxylic acid groups (broad SMARTS) is 1. The minimum atomic E-state index is -1.04. The molecule has 2 N–H and O–H groups in total. The van der Waals surface area contributed by atoms with Crippen molar-refractivity contribution in [2.75, 3.05) is 6.54 Å².